The van der Waals surface area contributed by atoms with E-state index >= 15 is 0 Å². The summed E-state index contributed by atoms with van der Waals surface area (Å²) in [6.07, 6.45) is 2.26. The number of aromatic nitrogens is 1. The van der Waals surface area contributed by atoms with Crippen LogP contribution in [-0.2, 0) is 4.74 Å². The van der Waals surface area contributed by atoms with Gasteiger partial charge in [0.1, 0.15) is 0 Å². The lowest BCUT2D eigenvalue weighted by Gasteiger charge is -2.16. The van der Waals surface area contributed by atoms with Crippen LogP contribution in [0, 0.1) is 12.8 Å². The lowest BCUT2D eigenvalue weighted by atomic mass is 9.96. The molecule has 2 rings (SSSR count). The van der Waals surface area contributed by atoms with Gasteiger partial charge in [-0.1, -0.05) is 6.07 Å². The average Bonchev–Trinajstić information content (AvgIpc) is 2.71. The van der Waals surface area contributed by atoms with E-state index in [4.69, 9.17) is 4.74 Å². The van der Waals surface area contributed by atoms with Crippen LogP contribution in [0.25, 0.3) is 0 Å². The van der Waals surface area contributed by atoms with E-state index in [1.165, 1.54) is 0 Å². The number of rotatable bonds is 2. The number of hydrogen-bond donors (Lipinski definition) is 1. The largest absolute Gasteiger partial charge is 0.388 e. The van der Waals surface area contributed by atoms with Crippen LogP contribution >= 0.6 is 0 Å². The summed E-state index contributed by atoms with van der Waals surface area (Å²) >= 11 is 0. The molecule has 1 fully saturated rings. The fourth-order valence-electron chi connectivity index (χ4n) is 1.73. The van der Waals surface area contributed by atoms with Crippen molar-refractivity contribution >= 4 is 0 Å². The minimum absolute atomic E-state index is 0.236. The van der Waals surface area contributed by atoms with Gasteiger partial charge in [-0.3, -0.25) is 4.98 Å². The zero-order chi connectivity index (χ0) is 9.97. The van der Waals surface area contributed by atoms with Crippen molar-refractivity contribution in [2.75, 3.05) is 13.2 Å². The minimum Gasteiger partial charge on any atom is -0.388 e. The molecule has 2 atom stereocenters. The van der Waals surface area contributed by atoms with E-state index in [0.29, 0.717) is 6.61 Å². The summed E-state index contributed by atoms with van der Waals surface area (Å²) in [7, 11) is 0. The molecule has 3 heteroatoms. The van der Waals surface area contributed by atoms with Gasteiger partial charge >= 0.3 is 0 Å². The van der Waals surface area contributed by atoms with Crippen LogP contribution in [0.15, 0.2) is 18.3 Å². The van der Waals surface area contributed by atoms with Crippen LogP contribution < -0.4 is 0 Å². The molecular formula is C11H15NO2. The molecule has 1 N–H and O–H groups in total. The monoisotopic (exact) mass is 193 g/mol. The summed E-state index contributed by atoms with van der Waals surface area (Å²) in [5.41, 5.74) is 1.87. The summed E-state index contributed by atoms with van der Waals surface area (Å²) < 4.78 is 5.24. The molecule has 1 aliphatic rings. The summed E-state index contributed by atoms with van der Waals surface area (Å²) in [6, 6.07) is 3.86. The highest BCUT2D eigenvalue weighted by Gasteiger charge is 2.25. The summed E-state index contributed by atoms with van der Waals surface area (Å²) in [4.78, 5) is 4.17. The first-order valence-electron chi connectivity index (χ1n) is 4.96. The van der Waals surface area contributed by atoms with Gasteiger partial charge in [-0.05, 0) is 25.0 Å². The SMILES string of the molecule is Cc1ccc(C(O)C2CCOC2)cn1. The molecular weight excluding hydrogens is 178 g/mol. The number of ether oxygens (including phenoxy) is 1. The van der Waals surface area contributed by atoms with Gasteiger partial charge in [-0.15, -0.1) is 0 Å². The third kappa shape index (κ3) is 1.94. The second kappa shape index (κ2) is 4.07. The molecule has 2 unspecified atom stereocenters. The Labute approximate surface area is 83.7 Å². The van der Waals surface area contributed by atoms with Gasteiger partial charge < -0.3 is 9.84 Å². The molecule has 0 amide bonds. The summed E-state index contributed by atoms with van der Waals surface area (Å²) in [5.74, 6) is 0.236. The summed E-state index contributed by atoms with van der Waals surface area (Å²) in [6.45, 7) is 3.37. The first kappa shape index (κ1) is 9.62. The van der Waals surface area contributed by atoms with Crippen molar-refractivity contribution in [1.82, 2.24) is 4.98 Å². The van der Waals surface area contributed by atoms with Gasteiger partial charge in [0.25, 0.3) is 0 Å². The second-order valence-corrected chi connectivity index (χ2v) is 3.80. The van der Waals surface area contributed by atoms with Crippen LogP contribution in [0.2, 0.25) is 0 Å². The average molecular weight is 193 g/mol. The van der Waals surface area contributed by atoms with Crippen molar-refractivity contribution in [3.8, 4) is 0 Å². The van der Waals surface area contributed by atoms with Crippen molar-refractivity contribution in [3.05, 3.63) is 29.6 Å². The van der Waals surface area contributed by atoms with Gasteiger partial charge in [-0.2, -0.15) is 0 Å². The van der Waals surface area contributed by atoms with Crippen molar-refractivity contribution in [2.45, 2.75) is 19.4 Å². The van der Waals surface area contributed by atoms with Crippen molar-refractivity contribution < 1.29 is 9.84 Å². The highest BCUT2D eigenvalue weighted by molar-refractivity contribution is 5.16. The highest BCUT2D eigenvalue weighted by atomic mass is 16.5. The topological polar surface area (TPSA) is 42.4 Å². The Morgan fingerprint density at radius 3 is 3.00 bits per heavy atom. The Balaban J connectivity index is 2.09. The molecule has 14 heavy (non-hydrogen) atoms. The predicted molar refractivity (Wildman–Crippen MR) is 52.9 cm³/mol. The van der Waals surface area contributed by atoms with Crippen molar-refractivity contribution in [2.24, 2.45) is 5.92 Å². The lowest BCUT2D eigenvalue weighted by Crippen LogP contribution is -2.12. The molecule has 0 bridgehead atoms. The number of pyridine rings is 1. The first-order chi connectivity index (χ1) is 6.77. The molecule has 0 radical (unpaired) electrons. The fraction of sp³-hybridized carbons (Fsp3) is 0.545. The van der Waals surface area contributed by atoms with Gasteiger partial charge in [-0.25, -0.2) is 0 Å². The molecule has 1 saturated heterocycles. The van der Waals surface area contributed by atoms with E-state index < -0.39 is 6.10 Å². The number of aryl methyl sites for hydroxylation is 1. The molecule has 0 saturated carbocycles. The van der Waals surface area contributed by atoms with Crippen molar-refractivity contribution in [3.63, 3.8) is 0 Å². The fourth-order valence-corrected chi connectivity index (χ4v) is 1.73. The van der Waals surface area contributed by atoms with E-state index in [2.05, 4.69) is 4.98 Å². The number of aliphatic hydroxyl groups is 1. The maximum Gasteiger partial charge on any atom is 0.0855 e. The molecule has 0 aliphatic carbocycles. The molecule has 3 nitrogen and oxygen atoms in total. The minimum atomic E-state index is -0.425. The Kier molecular flexibility index (Phi) is 2.79. The Morgan fingerprint density at radius 1 is 1.57 bits per heavy atom. The normalized spacial score (nSPS) is 23.7. The molecule has 2 heterocycles. The molecule has 1 aromatic rings. The third-order valence-electron chi connectivity index (χ3n) is 2.69. The third-order valence-corrected chi connectivity index (χ3v) is 2.69. The number of nitrogens with zero attached hydrogens (tertiary/aromatic N) is 1. The van der Waals surface area contributed by atoms with E-state index in [0.717, 1.165) is 24.3 Å². The molecule has 76 valence electrons. The van der Waals surface area contributed by atoms with Crippen LogP contribution in [0.3, 0.4) is 0 Å². The quantitative estimate of drug-likeness (QED) is 0.773. The molecule has 1 aromatic heterocycles. The molecule has 0 spiro atoms. The van der Waals surface area contributed by atoms with E-state index in [-0.39, 0.29) is 5.92 Å². The first-order valence-corrected chi connectivity index (χ1v) is 4.96. The molecule has 1 aliphatic heterocycles. The summed E-state index contributed by atoms with van der Waals surface area (Å²) in [5, 5.41) is 9.99. The smallest absolute Gasteiger partial charge is 0.0855 e. The van der Waals surface area contributed by atoms with Crippen LogP contribution in [-0.4, -0.2) is 23.3 Å². The van der Waals surface area contributed by atoms with Crippen LogP contribution in [0.4, 0.5) is 0 Å². The maximum absolute atomic E-state index is 9.99. The standard InChI is InChI=1S/C11H15NO2/c1-8-2-3-9(6-12-8)11(13)10-4-5-14-7-10/h2-3,6,10-11,13H,4-5,7H2,1H3. The van der Waals surface area contributed by atoms with Crippen LogP contribution in [0.5, 0.6) is 0 Å². The molecule has 0 aromatic carbocycles. The Bertz CT molecular complexity index is 291. The van der Waals surface area contributed by atoms with Gasteiger partial charge in [0.05, 0.1) is 12.7 Å². The van der Waals surface area contributed by atoms with Gasteiger partial charge in [0.15, 0.2) is 0 Å². The van der Waals surface area contributed by atoms with E-state index in [1.54, 1.807) is 6.20 Å². The van der Waals surface area contributed by atoms with E-state index in [1.807, 2.05) is 19.1 Å². The zero-order valence-electron chi connectivity index (χ0n) is 8.31. The van der Waals surface area contributed by atoms with Crippen LogP contribution in [0.1, 0.15) is 23.8 Å². The second-order valence-electron chi connectivity index (χ2n) is 3.80. The Morgan fingerprint density at radius 2 is 2.43 bits per heavy atom. The number of aliphatic hydroxyl groups excluding tert-OH is 1. The van der Waals surface area contributed by atoms with Gasteiger partial charge in [0.2, 0.25) is 0 Å². The lowest BCUT2D eigenvalue weighted by molar-refractivity contribution is 0.0915. The predicted octanol–water partition coefficient (Wildman–Crippen LogP) is 1.46. The Hall–Kier alpha value is -0.930. The maximum atomic E-state index is 9.99. The zero-order valence-corrected chi connectivity index (χ0v) is 8.31. The van der Waals surface area contributed by atoms with E-state index in [9.17, 15) is 5.11 Å². The number of hydrogen-bond acceptors (Lipinski definition) is 3. The van der Waals surface area contributed by atoms with Gasteiger partial charge in [0, 0.05) is 24.4 Å². The highest BCUT2D eigenvalue weighted by Crippen LogP contribution is 2.27. The van der Waals surface area contributed by atoms with Crippen molar-refractivity contribution in [1.29, 1.82) is 0 Å².